The zero-order chi connectivity index (χ0) is 15.2. The number of aryl methyl sites for hydroxylation is 2. The normalized spacial score (nSPS) is 10.4. The minimum Gasteiger partial charge on any atom is -0.492 e. The Kier molecular flexibility index (Phi) is 5.16. The fourth-order valence-electron chi connectivity index (χ4n) is 1.97. The fourth-order valence-corrected chi connectivity index (χ4v) is 2.71. The molecular formula is C15H18N2O3S. The third-order valence-corrected chi connectivity index (χ3v) is 3.58. The molecule has 0 amide bonds. The van der Waals surface area contributed by atoms with Gasteiger partial charge in [-0.3, -0.25) is 4.79 Å². The molecule has 0 aliphatic heterocycles. The van der Waals surface area contributed by atoms with E-state index in [1.807, 2.05) is 26.0 Å². The van der Waals surface area contributed by atoms with Crippen molar-refractivity contribution in [2.45, 2.75) is 20.3 Å². The van der Waals surface area contributed by atoms with Crippen molar-refractivity contribution in [2.24, 2.45) is 0 Å². The Hall–Kier alpha value is -2.08. The summed E-state index contributed by atoms with van der Waals surface area (Å²) in [4.78, 5) is 14.8. The van der Waals surface area contributed by atoms with Crippen LogP contribution in [0.3, 0.4) is 0 Å². The lowest BCUT2D eigenvalue weighted by Crippen LogP contribution is -2.11. The number of rotatable bonds is 7. The third kappa shape index (κ3) is 5.07. The number of nitrogens with one attached hydrogen (secondary N) is 1. The Morgan fingerprint density at radius 1 is 1.33 bits per heavy atom. The molecule has 21 heavy (non-hydrogen) atoms. The zero-order valence-electron chi connectivity index (χ0n) is 12.0. The highest BCUT2D eigenvalue weighted by molar-refractivity contribution is 7.13. The highest BCUT2D eigenvalue weighted by Crippen LogP contribution is 2.17. The molecule has 0 aliphatic rings. The third-order valence-electron chi connectivity index (χ3n) is 2.73. The van der Waals surface area contributed by atoms with Crippen molar-refractivity contribution in [1.82, 2.24) is 4.98 Å². The first-order chi connectivity index (χ1) is 10.0. The van der Waals surface area contributed by atoms with E-state index in [1.165, 1.54) is 22.5 Å². The van der Waals surface area contributed by atoms with Gasteiger partial charge in [-0.15, -0.1) is 11.3 Å². The quantitative estimate of drug-likeness (QED) is 0.770. The average molecular weight is 306 g/mol. The highest BCUT2D eigenvalue weighted by Gasteiger charge is 2.05. The predicted octanol–water partition coefficient (Wildman–Crippen LogP) is 2.88. The maximum Gasteiger partial charge on any atom is 0.309 e. The molecule has 1 aromatic carbocycles. The summed E-state index contributed by atoms with van der Waals surface area (Å²) in [5.74, 6) is -0.00925. The predicted molar refractivity (Wildman–Crippen MR) is 83.4 cm³/mol. The first-order valence-electron chi connectivity index (χ1n) is 6.64. The molecule has 0 aliphatic carbocycles. The van der Waals surface area contributed by atoms with Crippen LogP contribution in [0.25, 0.3) is 0 Å². The summed E-state index contributed by atoms with van der Waals surface area (Å²) in [6.07, 6.45) is -0.0444. The Labute approximate surface area is 127 Å². The van der Waals surface area contributed by atoms with Gasteiger partial charge in [-0.1, -0.05) is 6.07 Å². The van der Waals surface area contributed by atoms with Gasteiger partial charge in [0, 0.05) is 5.38 Å². The summed E-state index contributed by atoms with van der Waals surface area (Å²) in [6, 6.07) is 6.10. The van der Waals surface area contributed by atoms with Crippen molar-refractivity contribution in [3.63, 3.8) is 0 Å². The van der Waals surface area contributed by atoms with Crippen LogP contribution in [-0.4, -0.2) is 29.2 Å². The maximum absolute atomic E-state index is 10.6. The van der Waals surface area contributed by atoms with Gasteiger partial charge in [-0.25, -0.2) is 4.98 Å². The number of thiazole rings is 1. The minimum absolute atomic E-state index is 0.0444. The van der Waals surface area contributed by atoms with E-state index >= 15 is 0 Å². The molecule has 0 saturated heterocycles. The molecule has 0 radical (unpaired) electrons. The molecule has 5 nitrogen and oxygen atoms in total. The molecule has 1 aromatic heterocycles. The highest BCUT2D eigenvalue weighted by atomic mass is 32.1. The summed E-state index contributed by atoms with van der Waals surface area (Å²) in [7, 11) is 0. The first-order valence-corrected chi connectivity index (χ1v) is 7.52. The van der Waals surface area contributed by atoms with Gasteiger partial charge in [0.15, 0.2) is 5.13 Å². The van der Waals surface area contributed by atoms with Gasteiger partial charge >= 0.3 is 5.97 Å². The second-order valence-corrected chi connectivity index (χ2v) is 5.67. The zero-order valence-corrected chi connectivity index (χ0v) is 12.9. The van der Waals surface area contributed by atoms with Crippen molar-refractivity contribution in [1.29, 1.82) is 0 Å². The molecule has 6 heteroatoms. The van der Waals surface area contributed by atoms with E-state index in [1.54, 1.807) is 5.38 Å². The van der Waals surface area contributed by atoms with Crippen LogP contribution in [-0.2, 0) is 11.2 Å². The monoisotopic (exact) mass is 306 g/mol. The maximum atomic E-state index is 10.6. The van der Waals surface area contributed by atoms with E-state index in [4.69, 9.17) is 9.84 Å². The van der Waals surface area contributed by atoms with Crippen LogP contribution in [0.15, 0.2) is 23.6 Å². The topological polar surface area (TPSA) is 71.5 Å². The minimum atomic E-state index is -0.870. The van der Waals surface area contributed by atoms with Crippen molar-refractivity contribution in [3.8, 4) is 5.75 Å². The van der Waals surface area contributed by atoms with Crippen LogP contribution < -0.4 is 10.1 Å². The Balaban J connectivity index is 1.76. The molecule has 0 bridgehead atoms. The van der Waals surface area contributed by atoms with E-state index in [9.17, 15) is 4.79 Å². The Morgan fingerprint density at radius 2 is 2.05 bits per heavy atom. The number of hydrogen-bond acceptors (Lipinski definition) is 5. The number of nitrogens with zero attached hydrogens (tertiary/aromatic N) is 1. The Bertz CT molecular complexity index is 605. The van der Waals surface area contributed by atoms with Crippen molar-refractivity contribution in [3.05, 3.63) is 40.4 Å². The SMILES string of the molecule is Cc1cc(C)cc(OCCNc2nc(CC(=O)O)cs2)c1. The smallest absolute Gasteiger partial charge is 0.309 e. The molecule has 0 unspecified atom stereocenters. The summed E-state index contributed by atoms with van der Waals surface area (Å²) in [6.45, 7) is 5.22. The first kappa shape index (κ1) is 15.3. The van der Waals surface area contributed by atoms with E-state index < -0.39 is 5.97 Å². The van der Waals surface area contributed by atoms with Crippen LogP contribution in [0.5, 0.6) is 5.75 Å². The van der Waals surface area contributed by atoms with E-state index in [0.29, 0.717) is 18.8 Å². The molecule has 0 saturated carbocycles. The average Bonchev–Trinajstić information content (AvgIpc) is 2.80. The van der Waals surface area contributed by atoms with Gasteiger partial charge in [0.05, 0.1) is 18.7 Å². The molecule has 0 atom stereocenters. The number of carbonyl (C=O) groups is 1. The number of aromatic nitrogens is 1. The van der Waals surface area contributed by atoms with Crippen molar-refractivity contribution in [2.75, 3.05) is 18.5 Å². The van der Waals surface area contributed by atoms with Crippen LogP contribution in [0, 0.1) is 13.8 Å². The second kappa shape index (κ2) is 7.08. The molecular weight excluding hydrogens is 288 g/mol. The van der Waals surface area contributed by atoms with E-state index in [-0.39, 0.29) is 6.42 Å². The summed E-state index contributed by atoms with van der Waals surface area (Å²) in [5, 5.41) is 14.3. The Morgan fingerprint density at radius 3 is 2.71 bits per heavy atom. The fraction of sp³-hybridized carbons (Fsp3) is 0.333. The van der Waals surface area contributed by atoms with Crippen LogP contribution in [0.4, 0.5) is 5.13 Å². The van der Waals surface area contributed by atoms with Crippen LogP contribution in [0.1, 0.15) is 16.8 Å². The van der Waals surface area contributed by atoms with Gasteiger partial charge in [0.1, 0.15) is 12.4 Å². The molecule has 1 heterocycles. The molecule has 112 valence electrons. The van der Waals surface area contributed by atoms with E-state index in [0.717, 1.165) is 10.9 Å². The van der Waals surface area contributed by atoms with Gasteiger partial charge in [-0.05, 0) is 37.1 Å². The van der Waals surface area contributed by atoms with Gasteiger partial charge in [-0.2, -0.15) is 0 Å². The summed E-state index contributed by atoms with van der Waals surface area (Å²) >= 11 is 1.40. The van der Waals surface area contributed by atoms with Crippen LogP contribution in [0.2, 0.25) is 0 Å². The number of carboxylic acids is 1. The van der Waals surface area contributed by atoms with Crippen molar-refractivity contribution >= 4 is 22.4 Å². The molecule has 2 N–H and O–H groups in total. The summed E-state index contributed by atoms with van der Waals surface area (Å²) < 4.78 is 5.68. The molecule has 2 aromatic rings. The molecule has 0 spiro atoms. The van der Waals surface area contributed by atoms with Crippen LogP contribution >= 0.6 is 11.3 Å². The molecule has 0 fully saturated rings. The number of carboxylic acid groups (broad SMARTS) is 1. The number of ether oxygens (including phenoxy) is 1. The largest absolute Gasteiger partial charge is 0.492 e. The molecule has 2 rings (SSSR count). The van der Waals surface area contributed by atoms with Gasteiger partial charge in [0.2, 0.25) is 0 Å². The van der Waals surface area contributed by atoms with E-state index in [2.05, 4.69) is 16.4 Å². The second-order valence-electron chi connectivity index (χ2n) is 4.81. The van der Waals surface area contributed by atoms with Gasteiger partial charge < -0.3 is 15.2 Å². The number of benzene rings is 1. The number of anilines is 1. The lowest BCUT2D eigenvalue weighted by molar-refractivity contribution is -0.136. The number of aliphatic carboxylic acids is 1. The number of hydrogen-bond donors (Lipinski definition) is 2. The lowest BCUT2D eigenvalue weighted by Gasteiger charge is -2.08. The standard InChI is InChI=1S/C15H18N2O3S/c1-10-5-11(2)7-13(6-10)20-4-3-16-15-17-12(9-21-15)8-14(18)19/h5-7,9H,3-4,8H2,1-2H3,(H,16,17)(H,18,19). The lowest BCUT2D eigenvalue weighted by atomic mass is 10.1. The van der Waals surface area contributed by atoms with Gasteiger partial charge in [0.25, 0.3) is 0 Å². The van der Waals surface area contributed by atoms with Crippen molar-refractivity contribution < 1.29 is 14.6 Å². The summed E-state index contributed by atoms with van der Waals surface area (Å²) in [5.41, 5.74) is 2.93.